The van der Waals surface area contributed by atoms with Gasteiger partial charge in [-0.3, -0.25) is 43.5 Å². The van der Waals surface area contributed by atoms with Crippen LogP contribution in [-0.4, -0.2) is 170 Å². The topological polar surface area (TPSA) is 188 Å². The molecule has 272 valence electrons. The van der Waals surface area contributed by atoms with E-state index < -0.39 is 36.0 Å². The van der Waals surface area contributed by atoms with Crippen LogP contribution in [0.4, 0.5) is 0 Å². The average molecular weight is 688 g/mol. The first-order chi connectivity index (χ1) is 23.1. The van der Waals surface area contributed by atoms with Gasteiger partial charge in [-0.05, 0) is 58.8 Å². The van der Waals surface area contributed by atoms with E-state index in [0.717, 1.165) is 0 Å². The van der Waals surface area contributed by atoms with Crippen LogP contribution in [0.5, 0.6) is 0 Å². The first kappa shape index (κ1) is 39.4. The van der Waals surface area contributed by atoms with Crippen LogP contribution in [0.15, 0.2) is 37.0 Å². The maximum absolute atomic E-state index is 13.1. The summed E-state index contributed by atoms with van der Waals surface area (Å²) in [5, 5.41) is 19.3. The van der Waals surface area contributed by atoms with Crippen LogP contribution in [0.1, 0.15) is 47.0 Å². The molecule has 0 spiro atoms. The number of carboxylic acid groups (broad SMARTS) is 2. The number of aliphatic carboxylic acids is 2. The second kappa shape index (κ2) is 18.1. The fourth-order valence-electron chi connectivity index (χ4n) is 6.92. The molecule has 3 rings (SSSR count). The number of hydrogen-bond donors (Lipinski definition) is 3. The first-order valence-electron chi connectivity index (χ1n) is 17.0. The van der Waals surface area contributed by atoms with Crippen LogP contribution in [0.25, 0.3) is 0 Å². The number of hydrogen-bond acceptors (Lipinski definition) is 9. The van der Waals surface area contributed by atoms with Gasteiger partial charge in [-0.15, -0.1) is 0 Å². The molecule has 0 bridgehead atoms. The molecule has 4 N–H and O–H groups in total. The molecule has 3 aliphatic heterocycles. The molecule has 3 heterocycles. The largest absolute Gasteiger partial charge is 0.481 e. The van der Waals surface area contributed by atoms with E-state index in [1.54, 1.807) is 22.0 Å². The number of amides is 4. The van der Waals surface area contributed by atoms with Crippen molar-refractivity contribution >= 4 is 35.6 Å². The van der Waals surface area contributed by atoms with Crippen molar-refractivity contribution in [1.82, 2.24) is 29.4 Å². The Morgan fingerprint density at radius 2 is 1.31 bits per heavy atom. The molecular formula is C34H53N7O8. The van der Waals surface area contributed by atoms with E-state index in [0.29, 0.717) is 58.7 Å². The molecule has 4 amide bonds. The Morgan fingerprint density at radius 1 is 0.735 bits per heavy atom. The van der Waals surface area contributed by atoms with E-state index in [1.165, 1.54) is 23.1 Å². The van der Waals surface area contributed by atoms with Crippen LogP contribution in [0, 0.1) is 0 Å². The molecule has 0 aromatic carbocycles. The number of rotatable bonds is 14. The minimum Gasteiger partial charge on any atom is -0.481 e. The highest BCUT2D eigenvalue weighted by Crippen LogP contribution is 2.20. The lowest BCUT2D eigenvalue weighted by Crippen LogP contribution is -2.61. The van der Waals surface area contributed by atoms with E-state index in [1.807, 2.05) is 32.6 Å². The Kier molecular flexibility index (Phi) is 14.5. The van der Waals surface area contributed by atoms with E-state index in [9.17, 15) is 39.0 Å². The van der Waals surface area contributed by atoms with Gasteiger partial charge in [0.2, 0.25) is 23.6 Å². The molecule has 0 aliphatic carbocycles. The summed E-state index contributed by atoms with van der Waals surface area (Å²) in [5.41, 5.74) is 5.56. The monoisotopic (exact) mass is 687 g/mol. The third-order valence-corrected chi connectivity index (χ3v) is 9.79. The minimum absolute atomic E-state index is 0.0208. The third kappa shape index (κ3) is 10.7. The van der Waals surface area contributed by atoms with Gasteiger partial charge in [-0.2, -0.15) is 0 Å². The summed E-state index contributed by atoms with van der Waals surface area (Å²) >= 11 is 0. The Bertz CT molecular complexity index is 1300. The van der Waals surface area contributed by atoms with Gasteiger partial charge in [-0.1, -0.05) is 18.7 Å². The van der Waals surface area contributed by atoms with Crippen molar-refractivity contribution in [2.75, 3.05) is 58.9 Å². The normalized spacial score (nSPS) is 24.3. The average Bonchev–Trinajstić information content (AvgIpc) is 3.06. The number of carbonyl (C=O) groups is 6. The molecule has 5 unspecified atom stereocenters. The van der Waals surface area contributed by atoms with Gasteiger partial charge in [0.1, 0.15) is 12.1 Å². The SMILES string of the molecule is C=CC(=O)N1CCN(C(C)C/C=C\C(=O)N2CCN(C(C)C/C=C\C(=O)N3CCN(C(C)C)C(C(=O)O)C3)C(CC(=O)O)C2)CC1C(N)=O. The lowest BCUT2D eigenvalue weighted by atomic mass is 10.0. The highest BCUT2D eigenvalue weighted by molar-refractivity contribution is 5.92. The zero-order chi connectivity index (χ0) is 36.4. The summed E-state index contributed by atoms with van der Waals surface area (Å²) in [6, 6.07) is -2.00. The molecule has 3 aliphatic rings. The predicted molar refractivity (Wildman–Crippen MR) is 182 cm³/mol. The van der Waals surface area contributed by atoms with E-state index >= 15 is 0 Å². The number of carboxylic acids is 2. The van der Waals surface area contributed by atoms with Crippen LogP contribution in [0.2, 0.25) is 0 Å². The molecule has 0 saturated carbocycles. The van der Waals surface area contributed by atoms with Gasteiger partial charge >= 0.3 is 11.9 Å². The van der Waals surface area contributed by atoms with Crippen molar-refractivity contribution in [3.8, 4) is 0 Å². The number of nitrogens with two attached hydrogens (primary N) is 1. The fourth-order valence-corrected chi connectivity index (χ4v) is 6.92. The molecule has 5 atom stereocenters. The van der Waals surface area contributed by atoms with E-state index in [4.69, 9.17) is 5.73 Å². The lowest BCUT2D eigenvalue weighted by Gasteiger charge is -2.43. The summed E-state index contributed by atoms with van der Waals surface area (Å²) in [7, 11) is 0. The third-order valence-electron chi connectivity index (χ3n) is 9.79. The summed E-state index contributed by atoms with van der Waals surface area (Å²) in [4.78, 5) is 84.3. The zero-order valence-corrected chi connectivity index (χ0v) is 29.1. The molecule has 0 aromatic rings. The standard InChI is InChI=1S/C34H53N7O8/c1-6-29(42)41-18-13-36(21-27(41)33(35)47)24(4)9-7-11-30(43)37-15-17-40(26(20-37)19-32(45)46)25(5)10-8-12-31(44)38-14-16-39(23(2)3)28(22-38)34(48)49/h6-8,11-12,23-28H,1,9-10,13-22H2,2-5H3,(H2,35,47)(H,45,46)(H,48,49)/b11-7-,12-8-. The van der Waals surface area contributed by atoms with Crippen LogP contribution < -0.4 is 5.73 Å². The van der Waals surface area contributed by atoms with Crippen LogP contribution in [0.3, 0.4) is 0 Å². The van der Waals surface area contributed by atoms with E-state index in [-0.39, 0.29) is 55.4 Å². The zero-order valence-electron chi connectivity index (χ0n) is 29.1. The lowest BCUT2D eigenvalue weighted by molar-refractivity contribution is -0.149. The Hall–Kier alpha value is -4.08. The molecule has 0 aromatic heterocycles. The molecule has 3 saturated heterocycles. The minimum atomic E-state index is -0.968. The fraction of sp³-hybridized carbons (Fsp3) is 0.647. The Morgan fingerprint density at radius 3 is 1.84 bits per heavy atom. The van der Waals surface area contributed by atoms with Gasteiger partial charge in [0.15, 0.2) is 0 Å². The highest BCUT2D eigenvalue weighted by Gasteiger charge is 2.37. The molecular weight excluding hydrogens is 634 g/mol. The van der Waals surface area contributed by atoms with Gasteiger partial charge in [-0.25, -0.2) is 0 Å². The molecule has 15 nitrogen and oxygen atoms in total. The van der Waals surface area contributed by atoms with Crippen molar-refractivity contribution in [1.29, 1.82) is 0 Å². The van der Waals surface area contributed by atoms with Crippen molar-refractivity contribution < 1.29 is 39.0 Å². The van der Waals surface area contributed by atoms with Crippen molar-refractivity contribution in [3.05, 3.63) is 37.0 Å². The van der Waals surface area contributed by atoms with E-state index in [2.05, 4.69) is 16.4 Å². The number of nitrogens with zero attached hydrogens (tertiary/aromatic N) is 6. The van der Waals surface area contributed by atoms with Gasteiger partial charge in [0.25, 0.3) is 0 Å². The first-order valence-corrected chi connectivity index (χ1v) is 17.0. The maximum Gasteiger partial charge on any atom is 0.322 e. The van der Waals surface area contributed by atoms with Crippen molar-refractivity contribution in [3.63, 3.8) is 0 Å². The van der Waals surface area contributed by atoms with Crippen LogP contribution >= 0.6 is 0 Å². The van der Waals surface area contributed by atoms with Crippen LogP contribution in [-0.2, 0) is 28.8 Å². The highest BCUT2D eigenvalue weighted by atomic mass is 16.4. The van der Waals surface area contributed by atoms with Gasteiger partial charge in [0, 0.05) is 83.1 Å². The number of primary amides is 1. The van der Waals surface area contributed by atoms with Crippen molar-refractivity contribution in [2.45, 2.75) is 83.2 Å². The molecule has 0 radical (unpaired) electrons. The Balaban J connectivity index is 1.53. The summed E-state index contributed by atoms with van der Waals surface area (Å²) < 4.78 is 0. The summed E-state index contributed by atoms with van der Waals surface area (Å²) in [6.45, 7) is 14.6. The summed E-state index contributed by atoms with van der Waals surface area (Å²) in [5.74, 6) is -3.31. The Labute approximate surface area is 288 Å². The maximum atomic E-state index is 13.1. The second-order valence-corrected chi connectivity index (χ2v) is 13.4. The quantitative estimate of drug-likeness (QED) is 0.206. The summed E-state index contributed by atoms with van der Waals surface area (Å²) in [6.07, 6.45) is 8.52. The van der Waals surface area contributed by atoms with Gasteiger partial charge < -0.3 is 30.6 Å². The van der Waals surface area contributed by atoms with Gasteiger partial charge in [0.05, 0.1) is 6.42 Å². The molecule has 15 heteroatoms. The second-order valence-electron chi connectivity index (χ2n) is 13.4. The smallest absolute Gasteiger partial charge is 0.322 e. The molecule has 49 heavy (non-hydrogen) atoms. The molecule has 3 fully saturated rings. The predicted octanol–water partition coefficient (Wildman–Crippen LogP) is -0.167. The van der Waals surface area contributed by atoms with Crippen molar-refractivity contribution in [2.24, 2.45) is 5.73 Å². The number of piperazine rings is 3. The number of carbonyl (C=O) groups excluding carboxylic acids is 4.